The molecule has 0 aromatic carbocycles. The number of aromatic nitrogens is 2. The van der Waals surface area contributed by atoms with E-state index in [0.717, 1.165) is 6.92 Å². The zero-order valence-electron chi connectivity index (χ0n) is 9.90. The number of thioether (sulfide) groups is 1. The van der Waals surface area contributed by atoms with Gasteiger partial charge in [-0.3, -0.25) is 0 Å². The molecular formula is C11H12F3N3S. The van der Waals surface area contributed by atoms with Gasteiger partial charge in [-0.05, 0) is 13.2 Å². The van der Waals surface area contributed by atoms with Gasteiger partial charge in [0.2, 0.25) is 0 Å². The third-order valence-corrected chi connectivity index (χ3v) is 3.33. The van der Waals surface area contributed by atoms with Crippen LogP contribution in [0.3, 0.4) is 0 Å². The maximum absolute atomic E-state index is 12.8. The summed E-state index contributed by atoms with van der Waals surface area (Å²) in [5.41, 5.74) is 0.621. The van der Waals surface area contributed by atoms with Crippen LogP contribution in [0.25, 0.3) is 6.08 Å². The van der Waals surface area contributed by atoms with Crippen LogP contribution in [0.4, 0.5) is 19.0 Å². The number of hydrogen-bond acceptors (Lipinski definition) is 4. The Balaban J connectivity index is 2.40. The summed E-state index contributed by atoms with van der Waals surface area (Å²) in [5, 5.41) is 0.475. The fourth-order valence-corrected chi connectivity index (χ4v) is 2.05. The van der Waals surface area contributed by atoms with Gasteiger partial charge in [-0.15, -0.1) is 0 Å². The molecule has 0 saturated heterocycles. The highest BCUT2D eigenvalue weighted by Crippen LogP contribution is 2.32. The van der Waals surface area contributed by atoms with Gasteiger partial charge in [-0.2, -0.15) is 13.2 Å². The lowest BCUT2D eigenvalue weighted by atomic mass is 10.1. The van der Waals surface area contributed by atoms with Crippen LogP contribution in [0.5, 0.6) is 0 Å². The molecule has 3 nitrogen and oxygen atoms in total. The number of halogens is 3. The average Bonchev–Trinajstić information content (AvgIpc) is 2.35. The van der Waals surface area contributed by atoms with Crippen molar-refractivity contribution in [3.63, 3.8) is 0 Å². The molecule has 1 aromatic rings. The lowest BCUT2D eigenvalue weighted by molar-refractivity contribution is -0.144. The van der Waals surface area contributed by atoms with Gasteiger partial charge in [0.25, 0.3) is 0 Å². The fraction of sp³-hybridized carbons (Fsp3) is 0.455. The summed E-state index contributed by atoms with van der Waals surface area (Å²) < 4.78 is 38.4. The van der Waals surface area contributed by atoms with Gasteiger partial charge in [0.15, 0.2) is 5.16 Å². The molecule has 18 heavy (non-hydrogen) atoms. The average molecular weight is 275 g/mol. The van der Waals surface area contributed by atoms with Gasteiger partial charge in [0, 0.05) is 18.3 Å². The van der Waals surface area contributed by atoms with Gasteiger partial charge >= 0.3 is 6.18 Å². The summed E-state index contributed by atoms with van der Waals surface area (Å²) in [5.74, 6) is 0.349. The van der Waals surface area contributed by atoms with Crippen molar-refractivity contribution < 1.29 is 13.2 Å². The standard InChI is InChI=1S/C11H12F3N3S/c1-7(11(12,13)14)17-5-3-4-8-6-15-10(18-2)16-9(8)17/h3-4,6-7H,5H2,1-2H3/t7-/m0/s1. The van der Waals surface area contributed by atoms with Crippen LogP contribution in [-0.4, -0.2) is 35.0 Å². The van der Waals surface area contributed by atoms with Crippen LogP contribution in [0.15, 0.2) is 17.4 Å². The Morgan fingerprint density at radius 1 is 1.44 bits per heavy atom. The molecule has 1 atom stereocenters. The van der Waals surface area contributed by atoms with E-state index in [1.165, 1.54) is 16.7 Å². The molecule has 1 aliphatic rings. The summed E-state index contributed by atoms with van der Waals surface area (Å²) in [4.78, 5) is 9.48. The highest BCUT2D eigenvalue weighted by atomic mass is 32.2. The van der Waals surface area contributed by atoms with Crippen LogP contribution < -0.4 is 4.90 Å². The summed E-state index contributed by atoms with van der Waals surface area (Å²) in [6, 6.07) is -1.56. The SMILES string of the molecule is CSc1ncc2c(n1)N([C@@H](C)C(F)(F)F)CC=C2. The van der Waals surface area contributed by atoms with E-state index in [0.29, 0.717) is 16.5 Å². The van der Waals surface area contributed by atoms with E-state index in [9.17, 15) is 13.2 Å². The molecule has 1 aliphatic heterocycles. The first-order chi connectivity index (χ1) is 8.43. The first kappa shape index (κ1) is 13.2. The zero-order valence-corrected chi connectivity index (χ0v) is 10.7. The molecule has 0 radical (unpaired) electrons. The molecule has 0 amide bonds. The Kier molecular flexibility index (Phi) is 3.52. The second kappa shape index (κ2) is 4.79. The molecule has 2 heterocycles. The van der Waals surface area contributed by atoms with Crippen molar-refractivity contribution in [1.29, 1.82) is 0 Å². The minimum Gasteiger partial charge on any atom is -0.340 e. The van der Waals surface area contributed by atoms with E-state index in [1.54, 1.807) is 24.6 Å². The van der Waals surface area contributed by atoms with E-state index < -0.39 is 12.2 Å². The first-order valence-electron chi connectivity index (χ1n) is 5.34. The predicted molar refractivity (Wildman–Crippen MR) is 65.7 cm³/mol. The summed E-state index contributed by atoms with van der Waals surface area (Å²) >= 11 is 1.31. The monoisotopic (exact) mass is 275 g/mol. The van der Waals surface area contributed by atoms with Crippen molar-refractivity contribution in [3.8, 4) is 0 Å². The molecule has 1 aromatic heterocycles. The van der Waals surface area contributed by atoms with Gasteiger partial charge in [-0.25, -0.2) is 9.97 Å². The van der Waals surface area contributed by atoms with Crippen molar-refractivity contribution in [2.45, 2.75) is 24.3 Å². The van der Waals surface area contributed by atoms with Crippen LogP contribution in [0, 0.1) is 0 Å². The highest BCUT2D eigenvalue weighted by Gasteiger charge is 2.41. The van der Waals surface area contributed by atoms with Gasteiger partial charge in [0.05, 0.1) is 0 Å². The van der Waals surface area contributed by atoms with Crippen molar-refractivity contribution in [3.05, 3.63) is 17.8 Å². The molecule has 0 N–H and O–H groups in total. The Hall–Kier alpha value is -1.24. The number of alkyl halides is 3. The van der Waals surface area contributed by atoms with E-state index in [2.05, 4.69) is 9.97 Å². The third kappa shape index (κ3) is 2.45. The molecule has 2 rings (SSSR count). The summed E-state index contributed by atoms with van der Waals surface area (Å²) in [7, 11) is 0. The van der Waals surface area contributed by atoms with Crippen LogP contribution in [0.1, 0.15) is 12.5 Å². The van der Waals surface area contributed by atoms with Crippen molar-refractivity contribution in [1.82, 2.24) is 9.97 Å². The fourth-order valence-electron chi connectivity index (χ4n) is 1.71. The minimum absolute atomic E-state index is 0.207. The Labute approximate surface area is 107 Å². The van der Waals surface area contributed by atoms with Gasteiger partial charge in [0.1, 0.15) is 11.9 Å². The second-order valence-corrected chi connectivity index (χ2v) is 4.68. The topological polar surface area (TPSA) is 29.0 Å². The second-order valence-electron chi connectivity index (χ2n) is 3.91. The molecule has 0 saturated carbocycles. The largest absolute Gasteiger partial charge is 0.408 e. The number of hydrogen-bond donors (Lipinski definition) is 0. The van der Waals surface area contributed by atoms with Crippen molar-refractivity contribution in [2.75, 3.05) is 17.7 Å². The van der Waals surface area contributed by atoms with Crippen molar-refractivity contribution >= 4 is 23.7 Å². The van der Waals surface area contributed by atoms with E-state index >= 15 is 0 Å². The Bertz CT molecular complexity index is 473. The van der Waals surface area contributed by atoms with E-state index in [4.69, 9.17) is 0 Å². The maximum Gasteiger partial charge on any atom is 0.408 e. The lowest BCUT2D eigenvalue weighted by Crippen LogP contribution is -2.45. The van der Waals surface area contributed by atoms with E-state index in [-0.39, 0.29) is 6.54 Å². The third-order valence-electron chi connectivity index (χ3n) is 2.77. The molecule has 98 valence electrons. The Morgan fingerprint density at radius 3 is 2.78 bits per heavy atom. The maximum atomic E-state index is 12.8. The van der Waals surface area contributed by atoms with Crippen LogP contribution >= 0.6 is 11.8 Å². The van der Waals surface area contributed by atoms with Crippen molar-refractivity contribution in [2.24, 2.45) is 0 Å². The summed E-state index contributed by atoms with van der Waals surface area (Å²) in [6.45, 7) is 1.35. The van der Waals surface area contributed by atoms with Crippen LogP contribution in [-0.2, 0) is 0 Å². The van der Waals surface area contributed by atoms with E-state index in [1.807, 2.05) is 0 Å². The molecule has 0 unspecified atom stereocenters. The lowest BCUT2D eigenvalue weighted by Gasteiger charge is -2.33. The minimum atomic E-state index is -4.27. The normalized spacial score (nSPS) is 16.6. The summed E-state index contributed by atoms with van der Waals surface area (Å²) in [6.07, 6.45) is 2.51. The molecular weight excluding hydrogens is 263 g/mol. The molecule has 0 fully saturated rings. The number of fused-ring (bicyclic) bond motifs is 1. The molecule has 0 aliphatic carbocycles. The predicted octanol–water partition coefficient (Wildman–Crippen LogP) is 2.98. The highest BCUT2D eigenvalue weighted by molar-refractivity contribution is 7.98. The number of nitrogens with zero attached hydrogens (tertiary/aromatic N) is 3. The first-order valence-corrected chi connectivity index (χ1v) is 6.57. The van der Waals surface area contributed by atoms with Gasteiger partial charge in [-0.1, -0.05) is 23.9 Å². The quantitative estimate of drug-likeness (QED) is 0.613. The zero-order chi connectivity index (χ0) is 13.3. The smallest absolute Gasteiger partial charge is 0.340 e. The molecule has 0 spiro atoms. The molecule has 7 heteroatoms. The number of anilines is 1. The van der Waals surface area contributed by atoms with Gasteiger partial charge < -0.3 is 4.90 Å². The Morgan fingerprint density at radius 2 is 2.17 bits per heavy atom. The number of rotatable bonds is 2. The molecule has 0 bridgehead atoms. The van der Waals surface area contributed by atoms with Crippen LogP contribution in [0.2, 0.25) is 0 Å².